The van der Waals surface area contributed by atoms with Gasteiger partial charge < -0.3 is 5.32 Å². The van der Waals surface area contributed by atoms with Crippen molar-refractivity contribution in [2.24, 2.45) is 5.92 Å². The second-order valence-electron chi connectivity index (χ2n) is 6.08. The van der Waals surface area contributed by atoms with Gasteiger partial charge in [-0.2, -0.15) is 0 Å². The van der Waals surface area contributed by atoms with Gasteiger partial charge in [-0.15, -0.1) is 10.2 Å². The number of hydrogen-bond donors (Lipinski definition) is 1. The molecule has 0 aliphatic heterocycles. The van der Waals surface area contributed by atoms with Crippen LogP contribution in [0.2, 0.25) is 5.02 Å². The van der Waals surface area contributed by atoms with Crippen LogP contribution in [0.15, 0.2) is 48.7 Å². The van der Waals surface area contributed by atoms with E-state index in [1.165, 1.54) is 0 Å². The summed E-state index contributed by atoms with van der Waals surface area (Å²) in [5.41, 5.74) is 1.69. The van der Waals surface area contributed by atoms with Gasteiger partial charge in [0.2, 0.25) is 5.91 Å². The van der Waals surface area contributed by atoms with E-state index in [4.69, 9.17) is 11.6 Å². The third-order valence-electron chi connectivity index (χ3n) is 3.88. The number of nitrogens with zero attached hydrogens (tertiary/aromatic N) is 3. The topological polar surface area (TPSA) is 59.3 Å². The first-order valence-electron chi connectivity index (χ1n) is 7.88. The number of carbonyl (C=O) groups is 1. The Morgan fingerprint density at radius 2 is 1.92 bits per heavy atom. The number of carbonyl (C=O) groups excluding carboxylic acids is 1. The van der Waals surface area contributed by atoms with Crippen LogP contribution in [0.3, 0.4) is 0 Å². The Morgan fingerprint density at radius 1 is 1.17 bits per heavy atom. The van der Waals surface area contributed by atoms with Crippen molar-refractivity contribution in [1.82, 2.24) is 19.9 Å². The molecule has 1 unspecified atom stereocenters. The van der Waals surface area contributed by atoms with Gasteiger partial charge in [-0.3, -0.25) is 9.20 Å². The number of aromatic nitrogens is 3. The van der Waals surface area contributed by atoms with Crippen LogP contribution >= 0.6 is 11.6 Å². The second-order valence-corrected chi connectivity index (χ2v) is 6.52. The number of pyridine rings is 1. The summed E-state index contributed by atoms with van der Waals surface area (Å²) >= 11 is 5.88. The van der Waals surface area contributed by atoms with E-state index in [1.54, 1.807) is 12.1 Å². The molecule has 0 saturated carbocycles. The summed E-state index contributed by atoms with van der Waals surface area (Å²) in [5, 5.41) is 12.2. The zero-order valence-electron chi connectivity index (χ0n) is 13.6. The molecule has 2 aromatic heterocycles. The number of hydrogen-bond acceptors (Lipinski definition) is 3. The molecule has 6 heteroatoms. The van der Waals surface area contributed by atoms with Gasteiger partial charge in [0.1, 0.15) is 0 Å². The third kappa shape index (κ3) is 3.57. The van der Waals surface area contributed by atoms with E-state index < -0.39 is 0 Å². The fraction of sp³-hybridized carbons (Fsp3) is 0.278. The number of halogens is 1. The van der Waals surface area contributed by atoms with Crippen molar-refractivity contribution in [1.29, 1.82) is 0 Å². The molecule has 124 valence electrons. The lowest BCUT2D eigenvalue weighted by Gasteiger charge is -2.21. The van der Waals surface area contributed by atoms with Crippen molar-refractivity contribution in [3.8, 4) is 0 Å². The Morgan fingerprint density at radius 3 is 2.62 bits per heavy atom. The lowest BCUT2D eigenvalue weighted by Crippen LogP contribution is -2.34. The van der Waals surface area contributed by atoms with Crippen molar-refractivity contribution in [2.75, 3.05) is 0 Å². The van der Waals surface area contributed by atoms with Crippen LogP contribution in [0.5, 0.6) is 0 Å². The van der Waals surface area contributed by atoms with E-state index in [1.807, 2.05) is 40.9 Å². The van der Waals surface area contributed by atoms with E-state index in [2.05, 4.69) is 29.4 Å². The molecule has 1 N–H and O–H groups in total. The summed E-state index contributed by atoms with van der Waals surface area (Å²) < 4.78 is 1.91. The van der Waals surface area contributed by atoms with Gasteiger partial charge >= 0.3 is 0 Å². The summed E-state index contributed by atoms with van der Waals surface area (Å²) in [6.07, 6.45) is 2.21. The fourth-order valence-corrected chi connectivity index (χ4v) is 2.74. The normalized spacial score (nSPS) is 12.5. The molecule has 5 nitrogen and oxygen atoms in total. The molecule has 1 aromatic carbocycles. The maximum Gasteiger partial charge on any atom is 0.225 e. The van der Waals surface area contributed by atoms with Gasteiger partial charge in [-0.1, -0.05) is 43.6 Å². The maximum absolute atomic E-state index is 12.4. The monoisotopic (exact) mass is 342 g/mol. The van der Waals surface area contributed by atoms with E-state index in [-0.39, 0.29) is 17.9 Å². The number of rotatable bonds is 5. The minimum Gasteiger partial charge on any atom is -0.346 e. The zero-order valence-corrected chi connectivity index (χ0v) is 14.4. The van der Waals surface area contributed by atoms with Crippen LogP contribution < -0.4 is 5.32 Å². The van der Waals surface area contributed by atoms with Crippen molar-refractivity contribution < 1.29 is 4.79 Å². The summed E-state index contributed by atoms with van der Waals surface area (Å²) in [6.45, 7) is 4.11. The molecule has 0 fully saturated rings. The van der Waals surface area contributed by atoms with Crippen LogP contribution in [-0.4, -0.2) is 20.5 Å². The molecule has 24 heavy (non-hydrogen) atoms. The predicted molar refractivity (Wildman–Crippen MR) is 93.9 cm³/mol. The summed E-state index contributed by atoms with van der Waals surface area (Å²) in [5.74, 6) is 0.875. The van der Waals surface area contributed by atoms with E-state index in [9.17, 15) is 4.79 Å². The first-order valence-corrected chi connectivity index (χ1v) is 8.26. The highest BCUT2D eigenvalue weighted by Crippen LogP contribution is 2.21. The van der Waals surface area contributed by atoms with Gasteiger partial charge in [0.25, 0.3) is 0 Å². The lowest BCUT2D eigenvalue weighted by molar-refractivity contribution is -0.121. The predicted octanol–water partition coefficient (Wildman–Crippen LogP) is 3.44. The van der Waals surface area contributed by atoms with Crippen LogP contribution in [-0.2, 0) is 11.2 Å². The largest absolute Gasteiger partial charge is 0.346 e. The Bertz CT molecular complexity index is 842. The highest BCUT2D eigenvalue weighted by Gasteiger charge is 2.23. The molecule has 0 aliphatic rings. The number of fused-ring (bicyclic) bond motifs is 1. The van der Waals surface area contributed by atoms with E-state index in [0.29, 0.717) is 11.4 Å². The summed E-state index contributed by atoms with van der Waals surface area (Å²) in [4.78, 5) is 12.4. The number of benzene rings is 1. The van der Waals surface area contributed by atoms with Crippen molar-refractivity contribution in [3.05, 3.63) is 65.1 Å². The molecule has 1 atom stereocenters. The molecule has 0 spiro atoms. The van der Waals surface area contributed by atoms with Crippen LogP contribution in [0.4, 0.5) is 0 Å². The Hall–Kier alpha value is -2.40. The summed E-state index contributed by atoms with van der Waals surface area (Å²) in [6, 6.07) is 12.8. The molecule has 0 radical (unpaired) electrons. The van der Waals surface area contributed by atoms with Crippen molar-refractivity contribution in [3.63, 3.8) is 0 Å². The number of nitrogens with one attached hydrogen (secondary N) is 1. The molecular weight excluding hydrogens is 324 g/mol. The highest BCUT2D eigenvalue weighted by molar-refractivity contribution is 6.30. The minimum atomic E-state index is -0.206. The van der Waals surface area contributed by atoms with E-state index in [0.717, 1.165) is 17.0 Å². The Balaban J connectivity index is 1.79. The minimum absolute atomic E-state index is 0.0521. The van der Waals surface area contributed by atoms with Crippen molar-refractivity contribution >= 4 is 23.2 Å². The first-order chi connectivity index (χ1) is 11.5. The standard InChI is InChI=1S/C18H19ClN4O/c1-12(2)17(18-22-21-15-5-3-4-10-23(15)18)20-16(24)11-13-6-8-14(19)9-7-13/h3-10,12,17H,11H2,1-2H3,(H,20,24). The smallest absolute Gasteiger partial charge is 0.225 e. The quantitative estimate of drug-likeness (QED) is 0.772. The molecule has 0 saturated heterocycles. The van der Waals surface area contributed by atoms with Gasteiger partial charge in [-0.25, -0.2) is 0 Å². The summed E-state index contributed by atoms with van der Waals surface area (Å²) in [7, 11) is 0. The fourth-order valence-electron chi connectivity index (χ4n) is 2.61. The van der Waals surface area contributed by atoms with Crippen molar-refractivity contribution in [2.45, 2.75) is 26.3 Å². The van der Waals surface area contributed by atoms with Crippen LogP contribution in [0, 0.1) is 5.92 Å². The Labute approximate surface area is 145 Å². The average molecular weight is 343 g/mol. The van der Waals surface area contributed by atoms with Gasteiger partial charge in [-0.05, 0) is 35.7 Å². The Kier molecular flexibility index (Phi) is 4.81. The SMILES string of the molecule is CC(C)C(NC(=O)Cc1ccc(Cl)cc1)c1nnc2ccccn12. The molecule has 1 amide bonds. The van der Waals surface area contributed by atoms with Crippen LogP contribution in [0.25, 0.3) is 5.65 Å². The lowest BCUT2D eigenvalue weighted by atomic mass is 10.0. The van der Waals surface area contributed by atoms with Gasteiger partial charge in [0, 0.05) is 11.2 Å². The third-order valence-corrected chi connectivity index (χ3v) is 4.13. The number of amides is 1. The molecule has 0 bridgehead atoms. The van der Waals surface area contributed by atoms with E-state index >= 15 is 0 Å². The maximum atomic E-state index is 12.4. The first kappa shape index (κ1) is 16.5. The molecular formula is C18H19ClN4O. The van der Waals surface area contributed by atoms with Gasteiger partial charge in [0.15, 0.2) is 11.5 Å². The second kappa shape index (κ2) is 7.01. The van der Waals surface area contributed by atoms with Gasteiger partial charge in [0.05, 0.1) is 12.5 Å². The molecule has 3 rings (SSSR count). The molecule has 2 heterocycles. The van der Waals surface area contributed by atoms with Crippen LogP contribution in [0.1, 0.15) is 31.3 Å². The highest BCUT2D eigenvalue weighted by atomic mass is 35.5. The average Bonchev–Trinajstić information content (AvgIpc) is 2.98. The zero-order chi connectivity index (χ0) is 17.1. The molecule has 3 aromatic rings. The molecule has 0 aliphatic carbocycles.